The Morgan fingerprint density at radius 3 is 2.57 bits per heavy atom. The number of hydrogen-bond acceptors (Lipinski definition) is 3. The van der Waals surface area contributed by atoms with E-state index in [-0.39, 0.29) is 31.6 Å². The van der Waals surface area contributed by atoms with Crippen LogP contribution in [0.4, 0.5) is 9.18 Å². The summed E-state index contributed by atoms with van der Waals surface area (Å²) in [6, 6.07) is 3.30. The van der Waals surface area contributed by atoms with Gasteiger partial charge in [0.15, 0.2) is 5.67 Å². The number of halogens is 2. The van der Waals surface area contributed by atoms with Gasteiger partial charge in [-0.2, -0.15) is 0 Å². The zero-order valence-electron chi connectivity index (χ0n) is 12.5. The third-order valence-electron chi connectivity index (χ3n) is 3.39. The second-order valence-electron chi connectivity index (χ2n) is 6.27. The van der Waals surface area contributed by atoms with E-state index >= 15 is 4.39 Å². The number of pyridine rings is 1. The van der Waals surface area contributed by atoms with Crippen LogP contribution in [-0.4, -0.2) is 34.7 Å². The van der Waals surface area contributed by atoms with Crippen molar-refractivity contribution in [3.8, 4) is 0 Å². The highest BCUT2D eigenvalue weighted by atomic mass is 35.5. The quantitative estimate of drug-likeness (QED) is 0.788. The molecule has 1 aromatic rings. The predicted molar refractivity (Wildman–Crippen MR) is 79.1 cm³/mol. The second-order valence-corrected chi connectivity index (χ2v) is 6.67. The van der Waals surface area contributed by atoms with Gasteiger partial charge in [0.25, 0.3) is 0 Å². The maximum atomic E-state index is 15.0. The first kappa shape index (κ1) is 16.0. The first-order valence-electron chi connectivity index (χ1n) is 6.99. The van der Waals surface area contributed by atoms with Gasteiger partial charge in [-0.05, 0) is 32.9 Å². The lowest BCUT2D eigenvalue weighted by molar-refractivity contribution is 0.00129. The van der Waals surface area contributed by atoms with E-state index in [1.54, 1.807) is 12.1 Å². The summed E-state index contributed by atoms with van der Waals surface area (Å²) in [5.41, 5.74) is -1.88. The van der Waals surface area contributed by atoms with Crippen LogP contribution in [0, 0.1) is 0 Å². The fourth-order valence-corrected chi connectivity index (χ4v) is 2.61. The Hall–Kier alpha value is -1.36. The predicted octanol–water partition coefficient (Wildman–Crippen LogP) is 3.93. The highest BCUT2D eigenvalue weighted by molar-refractivity contribution is 6.31. The first-order valence-corrected chi connectivity index (χ1v) is 7.37. The minimum Gasteiger partial charge on any atom is -0.444 e. The summed E-state index contributed by atoms with van der Waals surface area (Å²) in [5.74, 6) is 0. The monoisotopic (exact) mass is 314 g/mol. The number of likely N-dealkylation sites (tertiary alicyclic amines) is 1. The van der Waals surface area contributed by atoms with Crippen molar-refractivity contribution in [1.29, 1.82) is 0 Å². The molecule has 0 atom stereocenters. The Morgan fingerprint density at radius 1 is 1.43 bits per heavy atom. The molecule has 1 aromatic heterocycles. The number of carbonyl (C=O) groups excluding carboxylic acids is 1. The molecule has 1 amide bonds. The smallest absolute Gasteiger partial charge is 0.410 e. The van der Waals surface area contributed by atoms with Crippen LogP contribution in [0.1, 0.15) is 39.3 Å². The largest absolute Gasteiger partial charge is 0.444 e. The topological polar surface area (TPSA) is 42.4 Å². The molecule has 2 heterocycles. The summed E-state index contributed by atoms with van der Waals surface area (Å²) in [6.07, 6.45) is 1.46. The van der Waals surface area contributed by atoms with Crippen molar-refractivity contribution in [2.45, 2.75) is 44.9 Å². The van der Waals surface area contributed by atoms with Gasteiger partial charge in [-0.25, -0.2) is 9.18 Å². The molecule has 0 unspecified atom stereocenters. The number of nitrogens with zero attached hydrogens (tertiary/aromatic N) is 2. The van der Waals surface area contributed by atoms with Crippen LogP contribution in [0.2, 0.25) is 5.02 Å². The number of amides is 1. The molecule has 0 saturated carbocycles. The van der Waals surface area contributed by atoms with E-state index in [1.807, 2.05) is 20.8 Å². The molecule has 0 aromatic carbocycles. The molecular weight excluding hydrogens is 295 g/mol. The Morgan fingerprint density at radius 2 is 2.05 bits per heavy atom. The molecule has 116 valence electrons. The molecule has 1 aliphatic rings. The van der Waals surface area contributed by atoms with Gasteiger partial charge in [0, 0.05) is 32.1 Å². The molecule has 0 spiro atoms. The Bertz CT molecular complexity index is 523. The molecule has 1 saturated heterocycles. The van der Waals surface area contributed by atoms with Crippen LogP contribution in [0.5, 0.6) is 0 Å². The second kappa shape index (κ2) is 5.79. The van der Waals surface area contributed by atoms with Gasteiger partial charge < -0.3 is 9.64 Å². The average molecular weight is 315 g/mol. The molecular formula is C15H20ClFN2O2. The number of aromatic nitrogens is 1. The third kappa shape index (κ3) is 3.84. The highest BCUT2D eigenvalue weighted by Crippen LogP contribution is 2.39. The van der Waals surface area contributed by atoms with Gasteiger partial charge in [0.05, 0.1) is 10.7 Å². The van der Waals surface area contributed by atoms with Gasteiger partial charge in [-0.3, -0.25) is 4.98 Å². The lowest BCUT2D eigenvalue weighted by Crippen LogP contribution is -2.45. The van der Waals surface area contributed by atoms with Crippen molar-refractivity contribution in [3.63, 3.8) is 0 Å². The molecule has 0 radical (unpaired) electrons. The van der Waals surface area contributed by atoms with Gasteiger partial charge >= 0.3 is 6.09 Å². The summed E-state index contributed by atoms with van der Waals surface area (Å²) in [7, 11) is 0. The molecule has 21 heavy (non-hydrogen) atoms. The van der Waals surface area contributed by atoms with E-state index in [2.05, 4.69) is 4.98 Å². The SMILES string of the molecule is CC(C)(C)OC(=O)N1CCC(F)(c2ncccc2Cl)CC1. The molecule has 0 N–H and O–H groups in total. The lowest BCUT2D eigenvalue weighted by Gasteiger charge is -2.36. The number of hydrogen-bond donors (Lipinski definition) is 0. The summed E-state index contributed by atoms with van der Waals surface area (Å²) in [4.78, 5) is 17.6. The van der Waals surface area contributed by atoms with Gasteiger partial charge in [0.1, 0.15) is 5.60 Å². The van der Waals surface area contributed by atoms with E-state index in [4.69, 9.17) is 16.3 Å². The van der Waals surface area contributed by atoms with Crippen LogP contribution in [0.25, 0.3) is 0 Å². The fraction of sp³-hybridized carbons (Fsp3) is 0.600. The molecule has 4 nitrogen and oxygen atoms in total. The van der Waals surface area contributed by atoms with Crippen molar-refractivity contribution >= 4 is 17.7 Å². The summed E-state index contributed by atoms with van der Waals surface area (Å²) < 4.78 is 20.3. The van der Waals surface area contributed by atoms with E-state index in [9.17, 15) is 4.79 Å². The summed E-state index contributed by atoms with van der Waals surface area (Å²) >= 11 is 6.03. The maximum absolute atomic E-state index is 15.0. The maximum Gasteiger partial charge on any atom is 0.410 e. The van der Waals surface area contributed by atoms with E-state index in [0.29, 0.717) is 5.02 Å². The minimum atomic E-state index is -1.59. The summed E-state index contributed by atoms with van der Waals surface area (Å²) in [5, 5.41) is 0.325. The Labute approximate surface area is 129 Å². The number of piperidine rings is 1. The number of rotatable bonds is 1. The standard InChI is InChI=1S/C15H20ClFN2O2/c1-14(2,3)21-13(20)19-9-6-15(17,7-10-19)12-11(16)5-4-8-18-12/h4-5,8H,6-7,9-10H2,1-3H3. The fourth-order valence-electron chi connectivity index (χ4n) is 2.32. The minimum absolute atomic E-state index is 0.170. The van der Waals surface area contributed by atoms with Crippen LogP contribution in [0.3, 0.4) is 0 Å². The lowest BCUT2D eigenvalue weighted by atomic mass is 9.89. The third-order valence-corrected chi connectivity index (χ3v) is 3.70. The molecule has 6 heteroatoms. The van der Waals surface area contributed by atoms with Crippen LogP contribution in [0.15, 0.2) is 18.3 Å². The van der Waals surface area contributed by atoms with Crippen LogP contribution in [-0.2, 0) is 10.4 Å². The van der Waals surface area contributed by atoms with Crippen molar-refractivity contribution in [3.05, 3.63) is 29.0 Å². The molecule has 1 aliphatic heterocycles. The van der Waals surface area contributed by atoms with Gasteiger partial charge in [0.2, 0.25) is 0 Å². The normalized spacial score (nSPS) is 18.4. The van der Waals surface area contributed by atoms with Crippen molar-refractivity contribution in [1.82, 2.24) is 9.88 Å². The van der Waals surface area contributed by atoms with Gasteiger partial charge in [-0.1, -0.05) is 11.6 Å². The molecule has 0 aliphatic carbocycles. The van der Waals surface area contributed by atoms with Crippen molar-refractivity contribution in [2.75, 3.05) is 13.1 Å². The number of alkyl halides is 1. The van der Waals surface area contributed by atoms with Gasteiger partial charge in [-0.15, -0.1) is 0 Å². The van der Waals surface area contributed by atoms with E-state index < -0.39 is 17.4 Å². The Balaban J connectivity index is 2.03. The average Bonchev–Trinajstić information content (AvgIpc) is 2.37. The number of carbonyl (C=O) groups is 1. The highest BCUT2D eigenvalue weighted by Gasteiger charge is 2.40. The first-order chi connectivity index (χ1) is 9.71. The molecule has 2 rings (SSSR count). The van der Waals surface area contributed by atoms with E-state index in [1.165, 1.54) is 11.1 Å². The van der Waals surface area contributed by atoms with Crippen molar-refractivity contribution < 1.29 is 13.9 Å². The number of ether oxygens (including phenoxy) is 1. The van der Waals surface area contributed by atoms with Crippen LogP contribution < -0.4 is 0 Å². The Kier molecular flexibility index (Phi) is 4.42. The van der Waals surface area contributed by atoms with Crippen LogP contribution >= 0.6 is 11.6 Å². The van der Waals surface area contributed by atoms with Crippen molar-refractivity contribution in [2.24, 2.45) is 0 Å². The summed E-state index contributed by atoms with van der Waals surface area (Å²) in [6.45, 7) is 6.00. The zero-order valence-corrected chi connectivity index (χ0v) is 13.3. The van der Waals surface area contributed by atoms with E-state index in [0.717, 1.165) is 0 Å². The molecule has 0 bridgehead atoms. The molecule has 1 fully saturated rings. The zero-order chi connectivity index (χ0) is 15.7.